The molecule has 1 amide bonds. The monoisotopic (exact) mass is 331 g/mol. The van der Waals surface area contributed by atoms with Crippen molar-refractivity contribution >= 4 is 5.91 Å². The van der Waals surface area contributed by atoms with Crippen LogP contribution in [0.2, 0.25) is 0 Å². The molecule has 1 heterocycles. The van der Waals surface area contributed by atoms with Gasteiger partial charge in [-0.05, 0) is 31.2 Å². The summed E-state index contributed by atoms with van der Waals surface area (Å²) < 4.78 is 5.61. The van der Waals surface area contributed by atoms with E-state index in [4.69, 9.17) is 10.5 Å². The fourth-order valence-electron chi connectivity index (χ4n) is 2.13. The summed E-state index contributed by atoms with van der Waals surface area (Å²) in [6.45, 7) is 2.74. The number of hydrogen-bond donors (Lipinski definition) is 4. The minimum atomic E-state index is -0.712. The second kappa shape index (κ2) is 8.28. The molecule has 1 aromatic heterocycles. The van der Waals surface area contributed by atoms with E-state index in [0.717, 1.165) is 11.3 Å². The predicted molar refractivity (Wildman–Crippen MR) is 88.6 cm³/mol. The van der Waals surface area contributed by atoms with Crippen LogP contribution in [0.1, 0.15) is 28.5 Å². The van der Waals surface area contributed by atoms with Crippen molar-refractivity contribution in [2.75, 3.05) is 6.61 Å². The number of rotatable bonds is 8. The number of nitrogens with zero attached hydrogens (tertiary/aromatic N) is 1. The number of amides is 1. The molecule has 128 valence electrons. The highest BCUT2D eigenvalue weighted by Gasteiger charge is 2.10. The van der Waals surface area contributed by atoms with Gasteiger partial charge in [-0.1, -0.05) is 6.07 Å². The fourth-order valence-corrected chi connectivity index (χ4v) is 2.13. The third-order valence-corrected chi connectivity index (χ3v) is 3.51. The topological polar surface area (TPSA) is 118 Å². The molecular formula is C17H21N3O4. The van der Waals surface area contributed by atoms with E-state index in [9.17, 15) is 15.0 Å². The Hall–Kier alpha value is -2.64. The number of carbonyl (C=O) groups is 1. The van der Waals surface area contributed by atoms with Crippen LogP contribution in [0.5, 0.6) is 11.5 Å². The van der Waals surface area contributed by atoms with Gasteiger partial charge in [0.1, 0.15) is 18.1 Å². The van der Waals surface area contributed by atoms with Gasteiger partial charge in [-0.25, -0.2) is 0 Å². The van der Waals surface area contributed by atoms with Crippen LogP contribution in [0.25, 0.3) is 0 Å². The first-order valence-electron chi connectivity index (χ1n) is 7.54. The molecule has 0 fully saturated rings. The lowest BCUT2D eigenvalue weighted by Crippen LogP contribution is -2.32. The Bertz CT molecular complexity index is 706. The second-order valence-corrected chi connectivity index (χ2v) is 5.40. The Balaban J connectivity index is 1.88. The highest BCUT2D eigenvalue weighted by molar-refractivity contribution is 5.95. The zero-order chi connectivity index (χ0) is 17.5. The number of aliphatic hydroxyl groups excluding tert-OH is 1. The summed E-state index contributed by atoms with van der Waals surface area (Å²) in [5, 5.41) is 22.1. The quantitative estimate of drug-likeness (QED) is 0.572. The Kier molecular flexibility index (Phi) is 6.11. The summed E-state index contributed by atoms with van der Waals surface area (Å²) in [6.07, 6.45) is 1.68. The van der Waals surface area contributed by atoms with E-state index in [1.165, 1.54) is 12.1 Å². The maximum Gasteiger partial charge on any atom is 0.252 e. The van der Waals surface area contributed by atoms with Crippen molar-refractivity contribution in [1.82, 2.24) is 10.3 Å². The molecule has 1 atom stereocenters. The summed E-state index contributed by atoms with van der Waals surface area (Å²) in [6, 6.07) is 7.96. The maximum atomic E-state index is 11.2. The molecule has 0 saturated heterocycles. The fraction of sp³-hybridized carbons (Fsp3) is 0.294. The number of benzene rings is 1. The van der Waals surface area contributed by atoms with Gasteiger partial charge >= 0.3 is 0 Å². The summed E-state index contributed by atoms with van der Waals surface area (Å²) in [4.78, 5) is 15.4. The number of hydrogen-bond acceptors (Lipinski definition) is 6. The third kappa shape index (κ3) is 4.68. The molecule has 7 heteroatoms. The van der Waals surface area contributed by atoms with Gasteiger partial charge in [0.05, 0.1) is 17.9 Å². The molecule has 0 aliphatic carbocycles. The van der Waals surface area contributed by atoms with E-state index in [2.05, 4.69) is 10.3 Å². The van der Waals surface area contributed by atoms with Gasteiger partial charge in [-0.3, -0.25) is 9.78 Å². The van der Waals surface area contributed by atoms with Crippen LogP contribution >= 0.6 is 0 Å². The number of phenols is 1. The van der Waals surface area contributed by atoms with E-state index in [-0.39, 0.29) is 24.0 Å². The SMILES string of the molecule is CC(COc1ccc(O)c(C(N)=O)c1)NCc1ncccc1CO. The molecule has 0 aliphatic rings. The highest BCUT2D eigenvalue weighted by atomic mass is 16.5. The van der Waals surface area contributed by atoms with E-state index < -0.39 is 5.91 Å². The lowest BCUT2D eigenvalue weighted by molar-refractivity contribution is 0.0997. The largest absolute Gasteiger partial charge is 0.507 e. The smallest absolute Gasteiger partial charge is 0.252 e. The summed E-state index contributed by atoms with van der Waals surface area (Å²) >= 11 is 0. The lowest BCUT2D eigenvalue weighted by atomic mass is 10.2. The molecule has 0 bridgehead atoms. The van der Waals surface area contributed by atoms with Gasteiger partial charge in [0, 0.05) is 24.3 Å². The van der Waals surface area contributed by atoms with E-state index in [0.29, 0.717) is 18.9 Å². The van der Waals surface area contributed by atoms with Gasteiger partial charge in [-0.15, -0.1) is 0 Å². The number of ether oxygens (including phenoxy) is 1. The van der Waals surface area contributed by atoms with Crippen molar-refractivity contribution in [1.29, 1.82) is 0 Å². The molecule has 2 aromatic rings. The minimum absolute atomic E-state index is 0.00406. The molecular weight excluding hydrogens is 310 g/mol. The first kappa shape index (κ1) is 17.7. The molecule has 0 saturated carbocycles. The first-order valence-corrected chi connectivity index (χ1v) is 7.54. The summed E-state index contributed by atoms with van der Waals surface area (Å²) in [5.74, 6) is -0.437. The Labute approximate surface area is 140 Å². The van der Waals surface area contributed by atoms with Crippen LogP contribution in [0.15, 0.2) is 36.5 Å². The van der Waals surface area contributed by atoms with Crippen molar-refractivity contribution < 1.29 is 19.7 Å². The van der Waals surface area contributed by atoms with Crippen LogP contribution in [0.3, 0.4) is 0 Å². The second-order valence-electron chi connectivity index (χ2n) is 5.40. The molecule has 1 unspecified atom stereocenters. The van der Waals surface area contributed by atoms with E-state index in [1.54, 1.807) is 18.3 Å². The molecule has 1 aromatic carbocycles. The number of aromatic nitrogens is 1. The van der Waals surface area contributed by atoms with Crippen LogP contribution < -0.4 is 15.8 Å². The highest BCUT2D eigenvalue weighted by Crippen LogP contribution is 2.22. The lowest BCUT2D eigenvalue weighted by Gasteiger charge is -2.16. The van der Waals surface area contributed by atoms with Crippen molar-refractivity contribution in [2.24, 2.45) is 5.73 Å². The number of carbonyl (C=O) groups excluding carboxylic acids is 1. The van der Waals surface area contributed by atoms with Crippen molar-refractivity contribution in [3.8, 4) is 11.5 Å². The Morgan fingerprint density at radius 3 is 2.92 bits per heavy atom. The first-order chi connectivity index (χ1) is 11.5. The van der Waals surface area contributed by atoms with Gasteiger partial charge in [0.15, 0.2) is 0 Å². The van der Waals surface area contributed by atoms with E-state index in [1.807, 2.05) is 13.0 Å². The minimum Gasteiger partial charge on any atom is -0.507 e. The van der Waals surface area contributed by atoms with Crippen LogP contribution in [0, 0.1) is 0 Å². The van der Waals surface area contributed by atoms with Gasteiger partial charge in [-0.2, -0.15) is 0 Å². The average Bonchev–Trinajstić information content (AvgIpc) is 2.59. The zero-order valence-corrected chi connectivity index (χ0v) is 13.4. The Morgan fingerprint density at radius 2 is 2.21 bits per heavy atom. The standard InChI is InChI=1S/C17H21N3O4/c1-11(20-8-15-12(9-21)3-2-6-19-15)10-24-13-4-5-16(22)14(7-13)17(18)23/h2-7,11,20-22H,8-10H2,1H3,(H2,18,23). The number of nitrogens with two attached hydrogens (primary N) is 1. The molecule has 0 aliphatic heterocycles. The van der Waals surface area contributed by atoms with Crippen LogP contribution in [-0.4, -0.2) is 33.8 Å². The predicted octanol–water partition coefficient (Wildman–Crippen LogP) is 0.935. The number of nitrogens with one attached hydrogen (secondary N) is 1. The number of aromatic hydroxyl groups is 1. The molecule has 24 heavy (non-hydrogen) atoms. The van der Waals surface area contributed by atoms with Crippen molar-refractivity contribution in [3.05, 3.63) is 53.3 Å². The third-order valence-electron chi connectivity index (χ3n) is 3.51. The van der Waals surface area contributed by atoms with Gasteiger partial charge in [0.2, 0.25) is 0 Å². The van der Waals surface area contributed by atoms with Crippen molar-refractivity contribution in [2.45, 2.75) is 26.1 Å². The Morgan fingerprint density at radius 1 is 1.42 bits per heavy atom. The van der Waals surface area contributed by atoms with Crippen LogP contribution in [0.4, 0.5) is 0 Å². The van der Waals surface area contributed by atoms with Crippen molar-refractivity contribution in [3.63, 3.8) is 0 Å². The van der Waals surface area contributed by atoms with E-state index >= 15 is 0 Å². The van der Waals surface area contributed by atoms with Gasteiger partial charge in [0.25, 0.3) is 5.91 Å². The molecule has 0 spiro atoms. The maximum absolute atomic E-state index is 11.2. The number of aliphatic hydroxyl groups is 1. The molecule has 2 rings (SSSR count). The zero-order valence-electron chi connectivity index (χ0n) is 13.4. The molecule has 7 nitrogen and oxygen atoms in total. The number of pyridine rings is 1. The van der Waals surface area contributed by atoms with Crippen LogP contribution in [-0.2, 0) is 13.2 Å². The molecule has 5 N–H and O–H groups in total. The summed E-state index contributed by atoms with van der Waals surface area (Å²) in [7, 11) is 0. The summed E-state index contributed by atoms with van der Waals surface area (Å²) in [5.41, 5.74) is 6.77. The molecule has 0 radical (unpaired) electrons. The average molecular weight is 331 g/mol. The van der Waals surface area contributed by atoms with Gasteiger partial charge < -0.3 is 26.0 Å². The normalized spacial score (nSPS) is 11.9. The number of primary amides is 1.